The van der Waals surface area contributed by atoms with Gasteiger partial charge in [-0.3, -0.25) is 37.3 Å². The predicted octanol–water partition coefficient (Wildman–Crippen LogP) is 24.4. The van der Waals surface area contributed by atoms with Gasteiger partial charge in [0.05, 0.1) is 26.4 Å². The van der Waals surface area contributed by atoms with Gasteiger partial charge in [0, 0.05) is 25.7 Å². The monoisotopic (exact) mass is 1480 g/mol. The van der Waals surface area contributed by atoms with Crippen molar-refractivity contribution in [2.45, 2.75) is 440 Å². The maximum Gasteiger partial charge on any atom is 0.472 e. The van der Waals surface area contributed by atoms with Gasteiger partial charge in [-0.25, -0.2) is 9.13 Å². The molecule has 0 radical (unpaired) electrons. The van der Waals surface area contributed by atoms with Crippen LogP contribution in [0.25, 0.3) is 0 Å². The van der Waals surface area contributed by atoms with Crippen molar-refractivity contribution in [1.82, 2.24) is 0 Å². The third kappa shape index (κ3) is 73.4. The Morgan fingerprint density at radius 3 is 0.703 bits per heavy atom. The molecule has 0 bridgehead atoms. The van der Waals surface area contributed by atoms with Gasteiger partial charge in [-0.05, 0) is 49.4 Å². The van der Waals surface area contributed by atoms with E-state index in [1.807, 2.05) is 0 Å². The second-order valence-electron chi connectivity index (χ2n) is 31.0. The molecule has 7 atom stereocenters. The number of aliphatic hydroxyl groups is 1. The molecule has 0 fully saturated rings. The van der Waals surface area contributed by atoms with Crippen molar-refractivity contribution in [2.24, 2.45) is 23.7 Å². The van der Waals surface area contributed by atoms with Crippen molar-refractivity contribution in [1.29, 1.82) is 0 Å². The van der Waals surface area contributed by atoms with E-state index in [1.165, 1.54) is 218 Å². The molecule has 0 aliphatic heterocycles. The van der Waals surface area contributed by atoms with E-state index in [0.29, 0.717) is 25.7 Å². The largest absolute Gasteiger partial charge is 0.472 e. The van der Waals surface area contributed by atoms with Crippen LogP contribution in [-0.4, -0.2) is 96.7 Å². The number of phosphoric acid groups is 2. The number of rotatable bonds is 79. The van der Waals surface area contributed by atoms with Crippen LogP contribution in [0.1, 0.15) is 421 Å². The van der Waals surface area contributed by atoms with Gasteiger partial charge in [0.1, 0.15) is 19.3 Å². The molecule has 3 N–H and O–H groups in total. The summed E-state index contributed by atoms with van der Waals surface area (Å²) in [7, 11) is -9.92. The van der Waals surface area contributed by atoms with Crippen molar-refractivity contribution < 1.29 is 80.2 Å². The lowest BCUT2D eigenvalue weighted by Gasteiger charge is -2.21. The van der Waals surface area contributed by atoms with Crippen LogP contribution in [-0.2, 0) is 65.4 Å². The molecule has 0 rings (SSSR count). The van der Waals surface area contributed by atoms with Crippen LogP contribution >= 0.6 is 15.6 Å². The molecule has 101 heavy (non-hydrogen) atoms. The van der Waals surface area contributed by atoms with Gasteiger partial charge < -0.3 is 33.8 Å². The minimum absolute atomic E-state index is 0.104. The summed E-state index contributed by atoms with van der Waals surface area (Å²) in [6.45, 7) is 14.3. The highest BCUT2D eigenvalue weighted by Crippen LogP contribution is 2.45. The lowest BCUT2D eigenvalue weighted by molar-refractivity contribution is -0.161. The van der Waals surface area contributed by atoms with Gasteiger partial charge in [0.25, 0.3) is 0 Å². The summed E-state index contributed by atoms with van der Waals surface area (Å²) in [5.41, 5.74) is 0. The lowest BCUT2D eigenvalue weighted by atomic mass is 9.99. The van der Waals surface area contributed by atoms with Crippen molar-refractivity contribution in [3.8, 4) is 0 Å². The van der Waals surface area contributed by atoms with Gasteiger partial charge in [-0.1, -0.05) is 370 Å². The minimum atomic E-state index is -4.96. The zero-order valence-electron chi connectivity index (χ0n) is 66.5. The fraction of sp³-hybridized carbons (Fsp3) is 0.951. The molecule has 0 aromatic rings. The molecule has 600 valence electrons. The topological polar surface area (TPSA) is 237 Å². The first-order valence-corrected chi connectivity index (χ1v) is 45.3. The average Bonchev–Trinajstić information content (AvgIpc) is 1.04. The van der Waals surface area contributed by atoms with Crippen LogP contribution in [0.3, 0.4) is 0 Å². The van der Waals surface area contributed by atoms with Crippen LogP contribution in [0.4, 0.5) is 0 Å². The van der Waals surface area contributed by atoms with Gasteiger partial charge in [0.15, 0.2) is 12.2 Å². The number of esters is 4. The molecule has 0 spiro atoms. The first kappa shape index (κ1) is 99.1. The molecule has 0 aliphatic rings. The lowest BCUT2D eigenvalue weighted by Crippen LogP contribution is -2.30. The maximum absolute atomic E-state index is 13.1. The van der Waals surface area contributed by atoms with Crippen molar-refractivity contribution in [3.63, 3.8) is 0 Å². The zero-order chi connectivity index (χ0) is 74.6. The molecule has 0 aliphatic carbocycles. The van der Waals surface area contributed by atoms with Crippen molar-refractivity contribution in [3.05, 3.63) is 0 Å². The molecule has 17 nitrogen and oxygen atoms in total. The van der Waals surface area contributed by atoms with Crippen molar-refractivity contribution in [2.75, 3.05) is 39.6 Å². The molecule has 0 saturated carbocycles. The molecule has 0 aromatic heterocycles. The van der Waals surface area contributed by atoms with Gasteiger partial charge >= 0.3 is 39.5 Å². The van der Waals surface area contributed by atoms with E-state index in [4.69, 9.17) is 37.0 Å². The molecular weight excluding hydrogens is 1320 g/mol. The van der Waals surface area contributed by atoms with E-state index in [0.717, 1.165) is 120 Å². The number of hydrogen-bond donors (Lipinski definition) is 3. The normalized spacial score (nSPS) is 14.5. The molecular formula is C82H160O17P2. The molecule has 0 heterocycles. The van der Waals surface area contributed by atoms with Crippen LogP contribution in [0.2, 0.25) is 0 Å². The van der Waals surface area contributed by atoms with E-state index < -0.39 is 97.5 Å². The molecule has 0 aromatic carbocycles. The molecule has 0 saturated heterocycles. The number of aliphatic hydroxyl groups excluding tert-OH is 1. The summed E-state index contributed by atoms with van der Waals surface area (Å²) in [6, 6.07) is 0. The Morgan fingerprint density at radius 1 is 0.277 bits per heavy atom. The second kappa shape index (κ2) is 71.0. The second-order valence-corrected chi connectivity index (χ2v) is 33.9. The summed E-state index contributed by atoms with van der Waals surface area (Å²) in [4.78, 5) is 73.0. The van der Waals surface area contributed by atoms with Crippen LogP contribution < -0.4 is 0 Å². The first-order chi connectivity index (χ1) is 48.7. The summed E-state index contributed by atoms with van der Waals surface area (Å²) >= 11 is 0. The van der Waals surface area contributed by atoms with E-state index in [-0.39, 0.29) is 25.7 Å². The fourth-order valence-electron chi connectivity index (χ4n) is 12.5. The predicted molar refractivity (Wildman–Crippen MR) is 414 cm³/mol. The maximum atomic E-state index is 13.1. The number of hydrogen-bond acceptors (Lipinski definition) is 15. The molecule has 4 unspecified atom stereocenters. The van der Waals surface area contributed by atoms with Crippen LogP contribution in [0.5, 0.6) is 0 Å². The Bertz CT molecular complexity index is 1980. The number of phosphoric ester groups is 2. The summed E-state index contributed by atoms with van der Waals surface area (Å²) in [6.07, 6.45) is 58.4. The quantitative estimate of drug-likeness (QED) is 0.0222. The minimum Gasteiger partial charge on any atom is -0.462 e. The van der Waals surface area contributed by atoms with Crippen LogP contribution in [0.15, 0.2) is 0 Å². The van der Waals surface area contributed by atoms with E-state index in [9.17, 15) is 43.2 Å². The highest BCUT2D eigenvalue weighted by Gasteiger charge is 2.30. The Balaban J connectivity index is 5.23. The van der Waals surface area contributed by atoms with Gasteiger partial charge in [-0.15, -0.1) is 0 Å². The summed E-state index contributed by atoms with van der Waals surface area (Å²) in [5.74, 6) is 1.01. The Morgan fingerprint density at radius 2 is 0.475 bits per heavy atom. The molecule has 0 amide bonds. The van der Waals surface area contributed by atoms with E-state index in [1.54, 1.807) is 0 Å². The Hall–Kier alpha value is -1.94. The fourth-order valence-corrected chi connectivity index (χ4v) is 14.1. The number of carbonyl (C=O) groups is 4. The third-order valence-corrected chi connectivity index (χ3v) is 21.7. The zero-order valence-corrected chi connectivity index (χ0v) is 68.3. The van der Waals surface area contributed by atoms with E-state index >= 15 is 0 Å². The number of unbranched alkanes of at least 4 members (excludes halogenated alkanes) is 43. The van der Waals surface area contributed by atoms with Crippen LogP contribution in [0, 0.1) is 23.7 Å². The van der Waals surface area contributed by atoms with Crippen molar-refractivity contribution >= 4 is 39.5 Å². The number of ether oxygens (including phenoxy) is 4. The first-order valence-electron chi connectivity index (χ1n) is 42.3. The van der Waals surface area contributed by atoms with Gasteiger partial charge in [-0.2, -0.15) is 0 Å². The molecule has 19 heteroatoms. The Labute approximate surface area is 619 Å². The average molecular weight is 1480 g/mol. The highest BCUT2D eigenvalue weighted by molar-refractivity contribution is 7.47. The Kier molecular flexibility index (Phi) is 69.6. The standard InChI is InChI=1S/C82H160O17P2/c1-9-74(7)60-52-44-36-32-33-39-49-57-65-82(87)99-78(69-93-80(85)63-55-47-41-40-45-53-61-75(8)10-2)71-97-101(90,91)95-67-76(83)66-94-100(88,89)96-70-77(68-92-79(84)62-54-46-37-30-26-22-19-15-17-21-25-29-35-43-51-59-73(5)6)98-81(86)64-56-48-38-31-27-23-18-14-12-11-13-16-20-24-28-34-42-50-58-72(3)4/h72-78,83H,9-71H2,1-8H3,(H,88,89)(H,90,91)/t74?,75?,76-,77-,78-/m1/s1. The van der Waals surface area contributed by atoms with E-state index in [2.05, 4.69) is 55.4 Å². The van der Waals surface area contributed by atoms with Gasteiger partial charge in [0.2, 0.25) is 0 Å². The SMILES string of the molecule is CCC(C)CCCCCCCCCCC(=O)O[C@H](COC(=O)CCCCCCCCC(C)CC)COP(=O)(O)OC[C@H](O)COP(=O)(O)OC[C@@H](COC(=O)CCCCCCCCCCCCCCCCCC(C)C)OC(=O)CCCCCCCCCCCCCCCCCCCCC(C)C. The number of carbonyl (C=O) groups excluding carboxylic acids is 4. The smallest absolute Gasteiger partial charge is 0.462 e. The third-order valence-electron chi connectivity index (χ3n) is 19.8. The highest BCUT2D eigenvalue weighted by atomic mass is 31.2. The summed E-state index contributed by atoms with van der Waals surface area (Å²) < 4.78 is 68.7. The summed E-state index contributed by atoms with van der Waals surface area (Å²) in [5, 5.41) is 10.6.